The number of ether oxygens (including phenoxy) is 2. The lowest BCUT2D eigenvalue weighted by atomic mass is 10.1. The molecule has 20 heavy (non-hydrogen) atoms. The van der Waals surface area contributed by atoms with Crippen molar-refractivity contribution in [3.8, 4) is 11.8 Å². The SMILES string of the molecule is COc1cnc(C(O)c2cc(I)ccc2Br)c(OC)n1. The van der Waals surface area contributed by atoms with E-state index in [1.807, 2.05) is 18.2 Å². The summed E-state index contributed by atoms with van der Waals surface area (Å²) in [5, 5.41) is 10.5. The molecule has 0 bridgehead atoms. The molecule has 1 heterocycles. The molecule has 0 spiro atoms. The molecule has 1 aromatic carbocycles. The number of hydrogen-bond donors (Lipinski definition) is 1. The number of hydrogen-bond acceptors (Lipinski definition) is 5. The van der Waals surface area contributed by atoms with Crippen LogP contribution in [-0.4, -0.2) is 29.3 Å². The number of methoxy groups -OCH3 is 2. The predicted molar refractivity (Wildman–Crippen MR) is 86.1 cm³/mol. The van der Waals surface area contributed by atoms with E-state index in [4.69, 9.17) is 9.47 Å². The molecule has 0 fully saturated rings. The van der Waals surface area contributed by atoms with Crippen LogP contribution >= 0.6 is 38.5 Å². The lowest BCUT2D eigenvalue weighted by Crippen LogP contribution is -2.08. The molecule has 7 heteroatoms. The number of aromatic nitrogens is 2. The highest BCUT2D eigenvalue weighted by molar-refractivity contribution is 14.1. The fraction of sp³-hybridized carbons (Fsp3) is 0.231. The van der Waals surface area contributed by atoms with Crippen LogP contribution in [0.3, 0.4) is 0 Å². The van der Waals surface area contributed by atoms with Crippen LogP contribution in [0.15, 0.2) is 28.9 Å². The van der Waals surface area contributed by atoms with E-state index in [1.54, 1.807) is 0 Å². The summed E-state index contributed by atoms with van der Waals surface area (Å²) in [6.45, 7) is 0. The van der Waals surface area contributed by atoms with Gasteiger partial charge < -0.3 is 14.6 Å². The van der Waals surface area contributed by atoms with Crippen molar-refractivity contribution in [1.82, 2.24) is 9.97 Å². The van der Waals surface area contributed by atoms with E-state index < -0.39 is 6.10 Å². The van der Waals surface area contributed by atoms with Crippen LogP contribution < -0.4 is 9.47 Å². The third-order valence-electron chi connectivity index (χ3n) is 2.66. The molecule has 2 rings (SSSR count). The molecule has 106 valence electrons. The Labute approximate surface area is 138 Å². The van der Waals surface area contributed by atoms with Gasteiger partial charge in [-0.2, -0.15) is 4.98 Å². The first kappa shape index (κ1) is 15.5. The van der Waals surface area contributed by atoms with E-state index in [0.29, 0.717) is 17.1 Å². The molecule has 0 saturated carbocycles. The molecule has 0 aliphatic carbocycles. The molecular formula is C13H12BrIN2O3. The summed E-state index contributed by atoms with van der Waals surface area (Å²) in [4.78, 5) is 8.31. The summed E-state index contributed by atoms with van der Waals surface area (Å²) in [5.74, 6) is 0.571. The Kier molecular flexibility index (Phi) is 5.17. The summed E-state index contributed by atoms with van der Waals surface area (Å²) < 4.78 is 12.0. The minimum Gasteiger partial charge on any atom is -0.480 e. The average Bonchev–Trinajstić information content (AvgIpc) is 2.48. The van der Waals surface area contributed by atoms with Gasteiger partial charge in [0, 0.05) is 13.6 Å². The van der Waals surface area contributed by atoms with Crippen molar-refractivity contribution in [2.45, 2.75) is 6.10 Å². The highest BCUT2D eigenvalue weighted by atomic mass is 127. The lowest BCUT2D eigenvalue weighted by Gasteiger charge is -2.15. The third kappa shape index (κ3) is 3.21. The smallest absolute Gasteiger partial charge is 0.241 e. The Morgan fingerprint density at radius 3 is 2.70 bits per heavy atom. The van der Waals surface area contributed by atoms with E-state index >= 15 is 0 Å². The number of aliphatic hydroxyl groups is 1. The summed E-state index contributed by atoms with van der Waals surface area (Å²) in [6.07, 6.45) is 0.510. The Balaban J connectivity index is 2.47. The second-order valence-corrected chi connectivity index (χ2v) is 5.98. The maximum atomic E-state index is 10.5. The molecule has 0 aliphatic heterocycles. The fourth-order valence-corrected chi connectivity index (χ4v) is 2.65. The second-order valence-electron chi connectivity index (χ2n) is 3.88. The number of halogens is 2. The first-order valence-electron chi connectivity index (χ1n) is 5.64. The predicted octanol–water partition coefficient (Wildman–Crippen LogP) is 2.94. The van der Waals surface area contributed by atoms with Crippen LogP contribution in [0.4, 0.5) is 0 Å². The van der Waals surface area contributed by atoms with Gasteiger partial charge in [0.15, 0.2) is 0 Å². The first-order chi connectivity index (χ1) is 9.56. The molecule has 0 aliphatic rings. The van der Waals surface area contributed by atoms with Crippen LogP contribution in [0.5, 0.6) is 11.8 Å². The van der Waals surface area contributed by atoms with E-state index in [-0.39, 0.29) is 5.88 Å². The Morgan fingerprint density at radius 2 is 2.05 bits per heavy atom. The molecule has 1 aromatic heterocycles. The second kappa shape index (κ2) is 6.68. The maximum Gasteiger partial charge on any atom is 0.241 e. The van der Waals surface area contributed by atoms with Gasteiger partial charge in [-0.3, -0.25) is 0 Å². The van der Waals surface area contributed by atoms with E-state index in [2.05, 4.69) is 48.5 Å². The summed E-state index contributed by atoms with van der Waals surface area (Å²) in [6, 6.07) is 5.70. The monoisotopic (exact) mass is 450 g/mol. The number of benzene rings is 1. The van der Waals surface area contributed by atoms with E-state index in [0.717, 1.165) is 8.04 Å². The van der Waals surface area contributed by atoms with Gasteiger partial charge in [-0.25, -0.2) is 4.98 Å². The first-order valence-corrected chi connectivity index (χ1v) is 7.52. The lowest BCUT2D eigenvalue weighted by molar-refractivity contribution is 0.206. The van der Waals surface area contributed by atoms with Crippen molar-refractivity contribution in [3.05, 3.63) is 43.7 Å². The molecule has 2 aromatic rings. The highest BCUT2D eigenvalue weighted by Crippen LogP contribution is 2.33. The van der Waals surface area contributed by atoms with Crippen molar-refractivity contribution >= 4 is 38.5 Å². The normalized spacial score (nSPS) is 12.1. The van der Waals surface area contributed by atoms with Gasteiger partial charge in [0.2, 0.25) is 11.8 Å². The van der Waals surface area contributed by atoms with Gasteiger partial charge in [-0.1, -0.05) is 15.9 Å². The average molecular weight is 451 g/mol. The van der Waals surface area contributed by atoms with Gasteiger partial charge in [0.1, 0.15) is 11.8 Å². The van der Waals surface area contributed by atoms with Gasteiger partial charge in [-0.05, 0) is 40.8 Å². The molecule has 0 amide bonds. The van der Waals surface area contributed by atoms with Crippen molar-refractivity contribution in [1.29, 1.82) is 0 Å². The van der Waals surface area contributed by atoms with Crippen LogP contribution in [0.25, 0.3) is 0 Å². The largest absolute Gasteiger partial charge is 0.480 e. The zero-order valence-corrected chi connectivity index (χ0v) is 14.5. The van der Waals surface area contributed by atoms with E-state index in [9.17, 15) is 5.11 Å². The standard InChI is InChI=1S/C13H12BrIN2O3/c1-19-10-6-16-11(13(17-10)20-2)12(18)8-5-7(15)3-4-9(8)14/h3-6,12,18H,1-2H3. The van der Waals surface area contributed by atoms with Crippen molar-refractivity contribution < 1.29 is 14.6 Å². The Hall–Kier alpha value is -0.930. The molecule has 0 saturated heterocycles. The van der Waals surface area contributed by atoms with Crippen LogP contribution in [-0.2, 0) is 0 Å². The zero-order valence-electron chi connectivity index (χ0n) is 10.8. The minimum atomic E-state index is -0.938. The molecular weight excluding hydrogens is 439 g/mol. The van der Waals surface area contributed by atoms with Crippen LogP contribution in [0.1, 0.15) is 17.4 Å². The minimum absolute atomic E-state index is 0.239. The van der Waals surface area contributed by atoms with Gasteiger partial charge >= 0.3 is 0 Å². The van der Waals surface area contributed by atoms with Crippen LogP contribution in [0, 0.1) is 3.57 Å². The topological polar surface area (TPSA) is 64.5 Å². The summed E-state index contributed by atoms with van der Waals surface area (Å²) in [5.41, 5.74) is 1.05. The van der Waals surface area contributed by atoms with Crippen molar-refractivity contribution in [2.75, 3.05) is 14.2 Å². The van der Waals surface area contributed by atoms with Crippen LogP contribution in [0.2, 0.25) is 0 Å². The highest BCUT2D eigenvalue weighted by Gasteiger charge is 2.21. The van der Waals surface area contributed by atoms with Gasteiger partial charge in [-0.15, -0.1) is 0 Å². The third-order valence-corrected chi connectivity index (χ3v) is 4.05. The zero-order chi connectivity index (χ0) is 14.7. The Bertz CT molecular complexity index is 625. The summed E-state index contributed by atoms with van der Waals surface area (Å²) in [7, 11) is 2.97. The molecule has 1 N–H and O–H groups in total. The molecule has 1 atom stereocenters. The summed E-state index contributed by atoms with van der Waals surface area (Å²) >= 11 is 5.61. The number of aliphatic hydroxyl groups excluding tert-OH is 1. The molecule has 5 nitrogen and oxygen atoms in total. The van der Waals surface area contributed by atoms with Gasteiger partial charge in [0.25, 0.3) is 0 Å². The van der Waals surface area contributed by atoms with Crippen molar-refractivity contribution in [2.24, 2.45) is 0 Å². The number of nitrogens with zero attached hydrogens (tertiary/aromatic N) is 2. The maximum absolute atomic E-state index is 10.5. The molecule has 1 unspecified atom stereocenters. The van der Waals surface area contributed by atoms with E-state index in [1.165, 1.54) is 20.4 Å². The van der Waals surface area contributed by atoms with Gasteiger partial charge in [0.05, 0.1) is 20.4 Å². The quantitative estimate of drug-likeness (QED) is 0.725. The Morgan fingerprint density at radius 1 is 1.30 bits per heavy atom. The molecule has 0 radical (unpaired) electrons. The number of rotatable bonds is 4. The fourth-order valence-electron chi connectivity index (χ4n) is 1.67. The van der Waals surface area contributed by atoms with Crippen molar-refractivity contribution in [3.63, 3.8) is 0 Å².